The molecule has 8 heteroatoms. The van der Waals surface area contributed by atoms with Gasteiger partial charge in [0.2, 0.25) is 0 Å². The standard InChI is InChI=1S/C20H24N5O.C3H3N.In/c1-24(2)20(16-6-4-3-5-7-16)10-8-19(9-11-20)14-25(18(26)23-19)17-12-21-15-22-13-17;1-2-3-4;/h3-7,12-13H,8-11,14H2,1-2H3,(H,23,26);1-3H;/q;-1;+1. The van der Waals surface area contributed by atoms with Crippen LogP contribution in [0.3, 0.4) is 0 Å². The normalized spacial score (nSPS) is 27.5. The first kappa shape index (κ1) is 20.7. The summed E-state index contributed by atoms with van der Waals surface area (Å²) >= 11 is -2.29. The van der Waals surface area contributed by atoms with Crippen molar-refractivity contribution in [3.8, 4) is 0 Å². The van der Waals surface area contributed by atoms with Crippen molar-refractivity contribution in [1.29, 1.82) is 0 Å². The first-order valence-corrected chi connectivity index (χ1v) is 15.9. The first-order valence-electron chi connectivity index (χ1n) is 10.9. The third-order valence-corrected chi connectivity index (χ3v) is 12.6. The van der Waals surface area contributed by atoms with Crippen molar-refractivity contribution in [2.24, 2.45) is 2.98 Å². The molecule has 2 aromatic rings. The molecule has 1 aromatic carbocycles. The number of nitrogens with zero attached hydrogens (tertiary/aromatic N) is 5. The number of allylic oxidation sites excluding steroid dienone is 1. The van der Waals surface area contributed by atoms with Gasteiger partial charge in [-0.05, 0) is 0 Å². The number of hydrogen-bond acceptors (Lipinski definition) is 5. The minimum absolute atomic E-state index is 0.0116. The summed E-state index contributed by atoms with van der Waals surface area (Å²) in [6.45, 7) is 0.664. The number of anilines is 1. The molecular formula is C23H27InN6O. The van der Waals surface area contributed by atoms with E-state index >= 15 is 0 Å². The Hall–Kier alpha value is -2.19. The van der Waals surface area contributed by atoms with Gasteiger partial charge in [-0.3, -0.25) is 0 Å². The predicted octanol–water partition coefficient (Wildman–Crippen LogP) is 2.15. The van der Waals surface area contributed by atoms with E-state index < -0.39 is 21.7 Å². The molecule has 0 unspecified atom stereocenters. The molecule has 1 N–H and O–H groups in total. The molecule has 0 atom stereocenters. The van der Waals surface area contributed by atoms with Gasteiger partial charge >= 0.3 is 173 Å². The molecule has 1 aromatic heterocycles. The van der Waals surface area contributed by atoms with Gasteiger partial charge in [0.15, 0.2) is 0 Å². The second-order valence-electron chi connectivity index (χ2n) is 9.02. The van der Waals surface area contributed by atoms with E-state index in [1.807, 2.05) is 12.3 Å². The van der Waals surface area contributed by atoms with Crippen LogP contribution in [0.1, 0.15) is 31.2 Å². The summed E-state index contributed by atoms with van der Waals surface area (Å²) in [5.41, 5.74) is 1.94. The van der Waals surface area contributed by atoms with Crippen LogP contribution in [-0.4, -0.2) is 75.0 Å². The number of carbonyl (C=O) groups excluding carboxylic acids is 1. The second-order valence-corrected chi connectivity index (χ2v) is 15.0. The zero-order valence-electron chi connectivity index (χ0n) is 18.0. The van der Waals surface area contributed by atoms with Crippen LogP contribution in [0.5, 0.6) is 0 Å². The van der Waals surface area contributed by atoms with E-state index in [-0.39, 0.29) is 17.1 Å². The van der Waals surface area contributed by atoms with Gasteiger partial charge in [-0.25, -0.2) is 0 Å². The van der Waals surface area contributed by atoms with Gasteiger partial charge in [-0.2, -0.15) is 0 Å². The Morgan fingerprint density at radius 1 is 1.06 bits per heavy atom. The summed E-state index contributed by atoms with van der Waals surface area (Å²) in [5.74, 6) is 0. The minimum atomic E-state index is -2.29. The molecule has 1 saturated heterocycles. The Morgan fingerprint density at radius 3 is 2.39 bits per heavy atom. The van der Waals surface area contributed by atoms with Crippen LogP contribution < -0.4 is 13.8 Å². The quantitative estimate of drug-likeness (QED) is 0.674. The van der Waals surface area contributed by atoms with Crippen molar-refractivity contribution in [3.63, 3.8) is 0 Å². The topological polar surface area (TPSA) is 73.7 Å². The number of aromatic nitrogens is 2. The molecule has 3 aliphatic rings. The van der Waals surface area contributed by atoms with Gasteiger partial charge < -0.3 is 0 Å². The number of carbonyl (C=O) groups is 1. The van der Waals surface area contributed by atoms with E-state index in [2.05, 4.69) is 71.4 Å². The van der Waals surface area contributed by atoms with E-state index in [1.54, 1.807) is 17.3 Å². The van der Waals surface area contributed by atoms with Gasteiger partial charge in [0.1, 0.15) is 0 Å². The Balaban J connectivity index is 1.32. The molecule has 158 valence electrons. The molecule has 1 aliphatic carbocycles. The van der Waals surface area contributed by atoms with E-state index in [1.165, 1.54) is 5.56 Å². The zero-order valence-corrected chi connectivity index (χ0v) is 21.3. The van der Waals surface area contributed by atoms with Gasteiger partial charge in [0.05, 0.1) is 0 Å². The molecule has 0 bridgehead atoms. The maximum absolute atomic E-state index is 12.9. The Bertz CT molecular complexity index is 1000. The van der Waals surface area contributed by atoms with Crippen molar-refractivity contribution < 1.29 is 4.79 Å². The number of benzene rings is 1. The molecule has 7 nitrogen and oxygen atoms in total. The third kappa shape index (κ3) is 3.69. The molecule has 2 fully saturated rings. The zero-order chi connectivity index (χ0) is 21.5. The number of urea groups is 1. The van der Waals surface area contributed by atoms with Crippen LogP contribution in [0, 0.1) is 0 Å². The summed E-state index contributed by atoms with van der Waals surface area (Å²) < 4.78 is 7.55. The number of hydrogen-bond donors (Lipinski definition) is 1. The summed E-state index contributed by atoms with van der Waals surface area (Å²) in [6.07, 6.45) is 11.3. The average molecular weight is 518 g/mol. The van der Waals surface area contributed by atoms with Crippen molar-refractivity contribution in [1.82, 2.24) is 20.2 Å². The maximum atomic E-state index is 12.9. The molecule has 5 rings (SSSR count). The monoisotopic (exact) mass is 518 g/mol. The number of rotatable bonds is 4. The molecule has 1 saturated carbocycles. The van der Waals surface area contributed by atoms with Gasteiger partial charge in [0, 0.05) is 0 Å². The van der Waals surface area contributed by atoms with E-state index in [9.17, 15) is 4.79 Å². The molecule has 2 amide bonds. The third-order valence-electron chi connectivity index (χ3n) is 7.14. The summed E-state index contributed by atoms with van der Waals surface area (Å²) in [4.78, 5) is 26.1. The Labute approximate surface area is 191 Å². The summed E-state index contributed by atoms with van der Waals surface area (Å²) in [5, 5.41) is 3.31. The second kappa shape index (κ2) is 8.06. The SMILES string of the molecule is CN(C)C1(c2ccccc2)CCC2(CC1)CN(c1cn[c]([In]3[CH]=CC=[N]3)nc1)C(=O)N2. The number of nitrogens with one attached hydrogen (secondary N) is 1. The van der Waals surface area contributed by atoms with Crippen LogP contribution in [0.15, 0.2) is 55.6 Å². The van der Waals surface area contributed by atoms with Crippen LogP contribution in [0.4, 0.5) is 10.5 Å². The summed E-state index contributed by atoms with van der Waals surface area (Å²) in [6, 6.07) is 10.7. The van der Waals surface area contributed by atoms with Crippen molar-refractivity contribution >= 4 is 43.2 Å². The summed E-state index contributed by atoms with van der Waals surface area (Å²) in [7, 11) is 4.33. The van der Waals surface area contributed by atoms with E-state index in [0.717, 1.165) is 35.0 Å². The Kier molecular flexibility index (Phi) is 5.38. The fraction of sp³-hybridized carbons (Fsp3) is 0.391. The average Bonchev–Trinajstić information content (AvgIpc) is 3.44. The van der Waals surface area contributed by atoms with Gasteiger partial charge in [-0.1, -0.05) is 18.2 Å². The Morgan fingerprint density at radius 2 is 1.77 bits per heavy atom. The molecule has 2 aliphatic heterocycles. The van der Waals surface area contributed by atoms with Crippen molar-refractivity contribution in [2.45, 2.75) is 36.8 Å². The van der Waals surface area contributed by atoms with Crippen LogP contribution in [0.25, 0.3) is 0 Å². The molecular weight excluding hydrogens is 491 g/mol. The molecule has 31 heavy (non-hydrogen) atoms. The fourth-order valence-corrected chi connectivity index (χ4v) is 9.36. The van der Waals surface area contributed by atoms with Crippen molar-refractivity contribution in [3.05, 3.63) is 58.2 Å². The number of amides is 2. The van der Waals surface area contributed by atoms with E-state index in [0.29, 0.717) is 6.54 Å². The van der Waals surface area contributed by atoms with E-state index in [4.69, 9.17) is 0 Å². The van der Waals surface area contributed by atoms with Crippen LogP contribution >= 0.6 is 0 Å². The van der Waals surface area contributed by atoms with Gasteiger partial charge in [-0.15, -0.1) is 0 Å². The molecule has 0 radical (unpaired) electrons. The van der Waals surface area contributed by atoms with Crippen molar-refractivity contribution in [2.75, 3.05) is 25.5 Å². The van der Waals surface area contributed by atoms with Crippen LogP contribution in [-0.2, 0) is 5.54 Å². The van der Waals surface area contributed by atoms with Gasteiger partial charge in [0.25, 0.3) is 0 Å². The molecule has 1 spiro atoms. The fourth-order valence-electron chi connectivity index (χ4n) is 5.21. The van der Waals surface area contributed by atoms with Crippen LogP contribution in [0.2, 0.25) is 0 Å². The first-order chi connectivity index (χ1) is 15.0. The predicted molar refractivity (Wildman–Crippen MR) is 124 cm³/mol. The molecule has 3 heterocycles.